The number of hydroxylamine groups is 2. The molecule has 1 N–H and O–H groups in total. The van der Waals surface area contributed by atoms with E-state index < -0.39 is 0 Å². The van der Waals surface area contributed by atoms with Crippen LogP contribution >= 0.6 is 0 Å². The van der Waals surface area contributed by atoms with Gasteiger partial charge in [0.2, 0.25) is 0 Å². The van der Waals surface area contributed by atoms with Crippen molar-refractivity contribution < 1.29 is 9.23 Å². The van der Waals surface area contributed by atoms with Gasteiger partial charge in [0.1, 0.15) is 11.7 Å². The molecule has 0 unspecified atom stereocenters. The lowest BCUT2D eigenvalue weighted by Gasteiger charge is -2.28. The molecule has 5 heteroatoms. The van der Waals surface area contributed by atoms with Crippen molar-refractivity contribution in [2.24, 2.45) is 4.99 Å². The second kappa shape index (κ2) is 8.57. The Bertz CT molecular complexity index is 866. The molecule has 1 saturated heterocycles. The predicted octanol–water partition coefficient (Wildman–Crippen LogP) is 5.18. The molecule has 1 saturated carbocycles. The minimum atomic E-state index is -0.246. The monoisotopic (exact) mass is 379 g/mol. The van der Waals surface area contributed by atoms with E-state index in [0.29, 0.717) is 6.04 Å². The number of hydrogen-bond acceptors (Lipinski definition) is 3. The number of aryl methyl sites for hydroxylation is 1. The molecule has 2 aromatic rings. The number of anilines is 1. The van der Waals surface area contributed by atoms with E-state index in [1.54, 1.807) is 12.1 Å². The third kappa shape index (κ3) is 4.78. The highest BCUT2D eigenvalue weighted by Gasteiger charge is 2.24. The van der Waals surface area contributed by atoms with Crippen LogP contribution in [0.25, 0.3) is 5.70 Å². The highest BCUT2D eigenvalue weighted by atomic mass is 19.1. The van der Waals surface area contributed by atoms with E-state index >= 15 is 0 Å². The van der Waals surface area contributed by atoms with Gasteiger partial charge >= 0.3 is 0 Å². The molecule has 146 valence electrons. The van der Waals surface area contributed by atoms with E-state index in [9.17, 15) is 4.39 Å². The summed E-state index contributed by atoms with van der Waals surface area (Å²) in [5.41, 5.74) is 4.01. The molecule has 0 bridgehead atoms. The van der Waals surface area contributed by atoms with Crippen LogP contribution < -0.4 is 5.32 Å². The Labute approximate surface area is 165 Å². The smallest absolute Gasteiger partial charge is 0.150 e. The van der Waals surface area contributed by atoms with Crippen molar-refractivity contribution in [3.63, 3.8) is 0 Å². The molecule has 4 nitrogen and oxygen atoms in total. The zero-order valence-electron chi connectivity index (χ0n) is 16.2. The molecule has 0 atom stereocenters. The summed E-state index contributed by atoms with van der Waals surface area (Å²) in [7, 11) is 0. The quantitative estimate of drug-likeness (QED) is 0.575. The molecule has 1 aliphatic carbocycles. The van der Waals surface area contributed by atoms with Gasteiger partial charge < -0.3 is 5.32 Å². The maximum atomic E-state index is 13.3. The Balaban J connectivity index is 1.71. The minimum Gasteiger partial charge on any atom is -0.355 e. The third-order valence-corrected chi connectivity index (χ3v) is 4.95. The lowest BCUT2D eigenvalue weighted by molar-refractivity contribution is -0.122. The molecule has 2 fully saturated rings. The van der Waals surface area contributed by atoms with Gasteiger partial charge in [-0.1, -0.05) is 24.3 Å². The predicted molar refractivity (Wildman–Crippen MR) is 112 cm³/mol. The maximum Gasteiger partial charge on any atom is 0.150 e. The first kappa shape index (κ1) is 18.7. The Kier molecular flexibility index (Phi) is 5.72. The van der Waals surface area contributed by atoms with Crippen molar-refractivity contribution in [3.05, 3.63) is 71.6 Å². The standard InChI is InChI=1S/C23H26FN3O/c1-17-6-2-3-7-21(17)22(25-19-10-8-18(24)9-11-19)16-23(26-20-12-13-20)27-14-4-5-15-28-27/h2-3,6-11,16,20,25H,4-5,12-15H2,1H3/b22-16-,26-23?. The minimum absolute atomic E-state index is 0.246. The number of aliphatic imine (C=N–C) groups is 1. The average molecular weight is 379 g/mol. The Morgan fingerprint density at radius 1 is 1.14 bits per heavy atom. The number of benzene rings is 2. The Morgan fingerprint density at radius 3 is 2.61 bits per heavy atom. The summed E-state index contributed by atoms with van der Waals surface area (Å²) < 4.78 is 13.3. The zero-order valence-corrected chi connectivity index (χ0v) is 16.2. The van der Waals surface area contributed by atoms with Crippen LogP contribution in [0, 0.1) is 12.7 Å². The molecule has 1 heterocycles. The van der Waals surface area contributed by atoms with E-state index in [-0.39, 0.29) is 5.82 Å². The fourth-order valence-electron chi connectivity index (χ4n) is 3.22. The first-order valence-electron chi connectivity index (χ1n) is 9.97. The van der Waals surface area contributed by atoms with Gasteiger partial charge in [-0.2, -0.15) is 0 Å². The van der Waals surface area contributed by atoms with Gasteiger partial charge in [-0.3, -0.25) is 9.83 Å². The van der Waals surface area contributed by atoms with Gasteiger partial charge in [-0.25, -0.2) is 9.45 Å². The van der Waals surface area contributed by atoms with Crippen LogP contribution in [0.4, 0.5) is 10.1 Å². The highest BCUT2D eigenvalue weighted by molar-refractivity contribution is 6.01. The van der Waals surface area contributed by atoms with E-state index in [4.69, 9.17) is 9.83 Å². The summed E-state index contributed by atoms with van der Waals surface area (Å²) in [5, 5.41) is 5.38. The molecule has 28 heavy (non-hydrogen) atoms. The number of rotatable bonds is 5. The van der Waals surface area contributed by atoms with Crippen LogP contribution in [0.3, 0.4) is 0 Å². The lowest BCUT2D eigenvalue weighted by Crippen LogP contribution is -2.35. The van der Waals surface area contributed by atoms with Crippen LogP contribution in [0.15, 0.2) is 59.6 Å². The lowest BCUT2D eigenvalue weighted by atomic mass is 10.0. The van der Waals surface area contributed by atoms with E-state index in [1.165, 1.54) is 12.1 Å². The van der Waals surface area contributed by atoms with Gasteiger partial charge in [0.25, 0.3) is 0 Å². The van der Waals surface area contributed by atoms with Gasteiger partial charge in [0.15, 0.2) is 0 Å². The van der Waals surface area contributed by atoms with Crippen molar-refractivity contribution in [1.29, 1.82) is 0 Å². The van der Waals surface area contributed by atoms with Crippen molar-refractivity contribution in [2.45, 2.75) is 38.6 Å². The van der Waals surface area contributed by atoms with Crippen molar-refractivity contribution >= 4 is 17.2 Å². The van der Waals surface area contributed by atoms with E-state index in [1.807, 2.05) is 17.2 Å². The first-order valence-corrected chi connectivity index (χ1v) is 9.97. The molecule has 2 aromatic carbocycles. The Hall–Kier alpha value is -2.66. The zero-order chi connectivity index (χ0) is 19.3. The molecule has 0 spiro atoms. The largest absolute Gasteiger partial charge is 0.355 e. The molecule has 1 aliphatic heterocycles. The molecule has 4 rings (SSSR count). The summed E-state index contributed by atoms with van der Waals surface area (Å²) in [6.07, 6.45) is 6.51. The van der Waals surface area contributed by atoms with Crippen molar-refractivity contribution in [2.75, 3.05) is 18.5 Å². The van der Waals surface area contributed by atoms with Crippen LogP contribution in [-0.4, -0.2) is 30.1 Å². The summed E-state index contributed by atoms with van der Waals surface area (Å²) in [4.78, 5) is 10.8. The summed E-state index contributed by atoms with van der Waals surface area (Å²) in [6, 6.07) is 15.0. The van der Waals surface area contributed by atoms with Crippen molar-refractivity contribution in [3.8, 4) is 0 Å². The van der Waals surface area contributed by atoms with E-state index in [0.717, 1.165) is 67.2 Å². The fourth-order valence-corrected chi connectivity index (χ4v) is 3.22. The summed E-state index contributed by atoms with van der Waals surface area (Å²) >= 11 is 0. The van der Waals surface area contributed by atoms with Crippen LogP contribution in [-0.2, 0) is 4.84 Å². The summed E-state index contributed by atoms with van der Waals surface area (Å²) in [6.45, 7) is 3.66. The van der Waals surface area contributed by atoms with Gasteiger partial charge in [-0.15, -0.1) is 0 Å². The first-order chi connectivity index (χ1) is 13.7. The fraction of sp³-hybridized carbons (Fsp3) is 0.348. The normalized spacial score (nSPS) is 18.3. The second-order valence-corrected chi connectivity index (χ2v) is 7.37. The number of nitrogens with one attached hydrogen (secondary N) is 1. The van der Waals surface area contributed by atoms with Crippen LogP contribution in [0.5, 0.6) is 0 Å². The summed E-state index contributed by atoms with van der Waals surface area (Å²) in [5.74, 6) is 0.611. The van der Waals surface area contributed by atoms with Crippen molar-refractivity contribution in [1.82, 2.24) is 5.06 Å². The molecule has 0 amide bonds. The SMILES string of the molecule is Cc1ccccc1/C(=C/C(=NC1CC1)N1CCCCO1)Nc1ccc(F)cc1. The van der Waals surface area contributed by atoms with Gasteiger partial charge in [-0.05, 0) is 62.4 Å². The molecular weight excluding hydrogens is 353 g/mol. The molecule has 0 aromatic heterocycles. The number of halogens is 1. The number of nitrogens with zero attached hydrogens (tertiary/aromatic N) is 2. The second-order valence-electron chi connectivity index (χ2n) is 7.37. The van der Waals surface area contributed by atoms with Gasteiger partial charge in [0.05, 0.1) is 12.6 Å². The van der Waals surface area contributed by atoms with Crippen LogP contribution in [0.2, 0.25) is 0 Å². The van der Waals surface area contributed by atoms with E-state index in [2.05, 4.69) is 30.4 Å². The third-order valence-electron chi connectivity index (χ3n) is 4.95. The van der Waals surface area contributed by atoms with Gasteiger partial charge in [0, 0.05) is 29.6 Å². The maximum absolute atomic E-state index is 13.3. The molecule has 2 aliphatic rings. The number of hydrogen-bond donors (Lipinski definition) is 1. The Morgan fingerprint density at radius 2 is 1.93 bits per heavy atom. The molecular formula is C23H26FN3O. The average Bonchev–Trinajstić information content (AvgIpc) is 3.54. The highest BCUT2D eigenvalue weighted by Crippen LogP contribution is 2.27. The van der Waals surface area contributed by atoms with Crippen LogP contribution in [0.1, 0.15) is 36.8 Å². The number of amidine groups is 1. The molecule has 0 radical (unpaired) electrons. The topological polar surface area (TPSA) is 36.9 Å².